The number of aromatic nitrogens is 2. The quantitative estimate of drug-likeness (QED) is 0.862. The predicted molar refractivity (Wildman–Crippen MR) is 76.2 cm³/mol. The van der Waals surface area contributed by atoms with Crippen LogP contribution in [0.5, 0.6) is 0 Å². The van der Waals surface area contributed by atoms with Gasteiger partial charge in [-0.15, -0.1) is 0 Å². The SMILES string of the molecule is CCNc1ncc(F)c(Sc2ccc(C)c(C)c2)n1. The number of hydrogen-bond acceptors (Lipinski definition) is 4. The van der Waals surface area contributed by atoms with Crippen molar-refractivity contribution in [2.75, 3.05) is 11.9 Å². The molecule has 0 fully saturated rings. The first kappa shape index (κ1) is 13.8. The molecule has 2 rings (SSSR count). The number of nitrogens with zero attached hydrogens (tertiary/aromatic N) is 2. The summed E-state index contributed by atoms with van der Waals surface area (Å²) in [7, 11) is 0. The first-order valence-electron chi connectivity index (χ1n) is 6.11. The highest BCUT2D eigenvalue weighted by molar-refractivity contribution is 7.99. The predicted octanol–water partition coefficient (Wildman–Crippen LogP) is 3.82. The van der Waals surface area contributed by atoms with Crippen molar-refractivity contribution in [1.29, 1.82) is 0 Å². The number of anilines is 1. The molecule has 100 valence electrons. The summed E-state index contributed by atoms with van der Waals surface area (Å²) in [6.07, 6.45) is 1.20. The van der Waals surface area contributed by atoms with Crippen LogP contribution in [-0.4, -0.2) is 16.5 Å². The molecule has 1 aromatic carbocycles. The van der Waals surface area contributed by atoms with Gasteiger partial charge in [0.15, 0.2) is 5.82 Å². The lowest BCUT2D eigenvalue weighted by Crippen LogP contribution is -2.03. The molecule has 1 aromatic heterocycles. The third kappa shape index (κ3) is 3.44. The summed E-state index contributed by atoms with van der Waals surface area (Å²) >= 11 is 1.31. The van der Waals surface area contributed by atoms with Crippen molar-refractivity contribution in [3.8, 4) is 0 Å². The minimum absolute atomic E-state index is 0.342. The Kier molecular flexibility index (Phi) is 4.37. The van der Waals surface area contributed by atoms with Crippen LogP contribution >= 0.6 is 11.8 Å². The van der Waals surface area contributed by atoms with Gasteiger partial charge < -0.3 is 5.32 Å². The van der Waals surface area contributed by atoms with Crippen molar-refractivity contribution < 1.29 is 4.39 Å². The van der Waals surface area contributed by atoms with Gasteiger partial charge in [0.2, 0.25) is 5.95 Å². The third-order valence-electron chi connectivity index (χ3n) is 2.74. The van der Waals surface area contributed by atoms with E-state index in [4.69, 9.17) is 0 Å². The highest BCUT2D eigenvalue weighted by Gasteiger charge is 2.09. The summed E-state index contributed by atoms with van der Waals surface area (Å²) in [5, 5.41) is 3.32. The van der Waals surface area contributed by atoms with Crippen LogP contribution in [0.1, 0.15) is 18.1 Å². The Bertz CT molecular complexity index is 587. The van der Waals surface area contributed by atoms with E-state index >= 15 is 0 Å². The van der Waals surface area contributed by atoms with E-state index in [1.54, 1.807) is 0 Å². The van der Waals surface area contributed by atoms with Crippen LogP contribution < -0.4 is 5.32 Å². The average molecular weight is 277 g/mol. The highest BCUT2D eigenvalue weighted by atomic mass is 32.2. The summed E-state index contributed by atoms with van der Waals surface area (Å²) < 4.78 is 13.7. The fourth-order valence-electron chi connectivity index (χ4n) is 1.56. The number of rotatable bonds is 4. The van der Waals surface area contributed by atoms with Gasteiger partial charge in [0.05, 0.1) is 6.20 Å². The lowest BCUT2D eigenvalue weighted by Gasteiger charge is -2.07. The standard InChI is InChI=1S/C14H16FN3S/c1-4-16-14-17-8-12(15)13(18-14)19-11-6-5-9(2)10(3)7-11/h5-8H,4H2,1-3H3,(H,16,17,18). The van der Waals surface area contributed by atoms with Crippen LogP contribution in [0.3, 0.4) is 0 Å². The largest absolute Gasteiger partial charge is 0.354 e. The molecule has 0 bridgehead atoms. The van der Waals surface area contributed by atoms with E-state index < -0.39 is 5.82 Å². The highest BCUT2D eigenvalue weighted by Crippen LogP contribution is 2.29. The molecule has 3 nitrogen and oxygen atoms in total. The Labute approximate surface area is 116 Å². The summed E-state index contributed by atoms with van der Waals surface area (Å²) in [5.74, 6) is 0.0557. The molecule has 19 heavy (non-hydrogen) atoms. The van der Waals surface area contributed by atoms with Gasteiger partial charge in [0.1, 0.15) is 5.03 Å². The van der Waals surface area contributed by atoms with E-state index in [1.807, 2.05) is 32.0 Å². The molecule has 5 heteroatoms. The van der Waals surface area contributed by atoms with Crippen LogP contribution in [0.25, 0.3) is 0 Å². The van der Waals surface area contributed by atoms with Crippen molar-refractivity contribution in [1.82, 2.24) is 9.97 Å². The van der Waals surface area contributed by atoms with Crippen LogP contribution in [0.4, 0.5) is 10.3 Å². The van der Waals surface area contributed by atoms with E-state index in [0.29, 0.717) is 17.5 Å². The first-order valence-corrected chi connectivity index (χ1v) is 6.93. The molecule has 2 aromatic rings. The molecule has 0 saturated heterocycles. The molecule has 1 heterocycles. The number of nitrogens with one attached hydrogen (secondary N) is 1. The molecule has 0 spiro atoms. The molecule has 1 N–H and O–H groups in total. The number of benzene rings is 1. The van der Waals surface area contributed by atoms with E-state index in [0.717, 1.165) is 4.90 Å². The monoisotopic (exact) mass is 277 g/mol. The van der Waals surface area contributed by atoms with Gasteiger partial charge in [-0.25, -0.2) is 14.4 Å². The molecule has 0 radical (unpaired) electrons. The minimum atomic E-state index is -0.398. The van der Waals surface area contributed by atoms with Gasteiger partial charge in [0, 0.05) is 11.4 Å². The smallest absolute Gasteiger partial charge is 0.223 e. The lowest BCUT2D eigenvalue weighted by molar-refractivity contribution is 0.580. The van der Waals surface area contributed by atoms with Gasteiger partial charge >= 0.3 is 0 Å². The van der Waals surface area contributed by atoms with E-state index in [2.05, 4.69) is 22.2 Å². The summed E-state index contributed by atoms with van der Waals surface area (Å²) in [5.41, 5.74) is 2.41. The zero-order chi connectivity index (χ0) is 13.8. The normalized spacial score (nSPS) is 10.5. The average Bonchev–Trinajstić information content (AvgIpc) is 2.38. The van der Waals surface area contributed by atoms with E-state index in [-0.39, 0.29) is 0 Å². The first-order chi connectivity index (χ1) is 9.10. The maximum atomic E-state index is 13.7. The number of aryl methyl sites for hydroxylation is 2. The maximum Gasteiger partial charge on any atom is 0.223 e. The summed E-state index contributed by atoms with van der Waals surface area (Å²) in [6, 6.07) is 6.04. The zero-order valence-electron chi connectivity index (χ0n) is 11.2. The van der Waals surface area contributed by atoms with E-state index in [1.165, 1.54) is 29.1 Å². The molecule has 0 aliphatic carbocycles. The topological polar surface area (TPSA) is 37.8 Å². The second kappa shape index (κ2) is 6.02. The van der Waals surface area contributed by atoms with Crippen LogP contribution in [-0.2, 0) is 0 Å². The molecular formula is C14H16FN3S. The fraction of sp³-hybridized carbons (Fsp3) is 0.286. The van der Waals surface area contributed by atoms with Gasteiger partial charge in [0.25, 0.3) is 0 Å². The van der Waals surface area contributed by atoms with Crippen LogP contribution in [0, 0.1) is 19.7 Å². The van der Waals surface area contributed by atoms with Crippen LogP contribution in [0.2, 0.25) is 0 Å². The van der Waals surface area contributed by atoms with Crippen molar-refractivity contribution in [3.05, 3.63) is 41.3 Å². The fourth-order valence-corrected chi connectivity index (χ4v) is 2.43. The molecule has 0 amide bonds. The minimum Gasteiger partial charge on any atom is -0.354 e. The number of halogens is 1. The van der Waals surface area contributed by atoms with Crippen molar-refractivity contribution in [2.24, 2.45) is 0 Å². The second-order valence-electron chi connectivity index (χ2n) is 4.23. The Morgan fingerprint density at radius 1 is 1.26 bits per heavy atom. The molecular weight excluding hydrogens is 261 g/mol. The van der Waals surface area contributed by atoms with Gasteiger partial charge in [-0.05, 0) is 44.0 Å². The van der Waals surface area contributed by atoms with Gasteiger partial charge in [-0.1, -0.05) is 17.8 Å². The van der Waals surface area contributed by atoms with Crippen molar-refractivity contribution in [3.63, 3.8) is 0 Å². The maximum absolute atomic E-state index is 13.7. The molecule has 0 saturated carbocycles. The summed E-state index contributed by atoms with van der Waals surface area (Å²) in [4.78, 5) is 9.04. The lowest BCUT2D eigenvalue weighted by atomic mass is 10.1. The van der Waals surface area contributed by atoms with Crippen molar-refractivity contribution >= 4 is 17.7 Å². The molecule has 0 unspecified atom stereocenters. The third-order valence-corrected chi connectivity index (χ3v) is 3.71. The Morgan fingerprint density at radius 3 is 2.74 bits per heavy atom. The van der Waals surface area contributed by atoms with Gasteiger partial charge in [-0.3, -0.25) is 0 Å². The van der Waals surface area contributed by atoms with Crippen molar-refractivity contribution in [2.45, 2.75) is 30.7 Å². The Morgan fingerprint density at radius 2 is 2.05 bits per heavy atom. The molecule has 0 aliphatic rings. The Balaban J connectivity index is 2.26. The van der Waals surface area contributed by atoms with Gasteiger partial charge in [-0.2, -0.15) is 0 Å². The molecule has 0 aliphatic heterocycles. The molecule has 0 atom stereocenters. The van der Waals surface area contributed by atoms with E-state index in [9.17, 15) is 4.39 Å². The summed E-state index contributed by atoms with van der Waals surface area (Å²) in [6.45, 7) is 6.75. The Hall–Kier alpha value is -1.62. The van der Waals surface area contributed by atoms with Crippen LogP contribution in [0.15, 0.2) is 34.3 Å². The second-order valence-corrected chi connectivity index (χ2v) is 5.29. The zero-order valence-corrected chi connectivity index (χ0v) is 12.0. The number of hydrogen-bond donors (Lipinski definition) is 1.